The molecule has 1 saturated heterocycles. The maximum Gasteiger partial charge on any atom is 0.173 e. The number of nitrogens with zero attached hydrogens (tertiary/aromatic N) is 1. The molecule has 0 atom stereocenters. The largest absolute Gasteiger partial charge is 0.494 e. The third-order valence-electron chi connectivity index (χ3n) is 4.22. The van der Waals surface area contributed by atoms with Crippen LogP contribution in [0.15, 0.2) is 12.1 Å². The molecule has 1 aromatic rings. The highest BCUT2D eigenvalue weighted by Crippen LogP contribution is 2.41. The Morgan fingerprint density at radius 2 is 1.86 bits per heavy atom. The normalized spacial score (nSPS) is 15.8. The molecule has 0 N–H and O–H groups in total. The van der Waals surface area contributed by atoms with E-state index in [4.69, 9.17) is 4.74 Å². The second kappa shape index (κ2) is 7.03. The van der Waals surface area contributed by atoms with Gasteiger partial charge in [0.25, 0.3) is 0 Å². The lowest BCUT2D eigenvalue weighted by molar-refractivity contribution is 0.102. The lowest BCUT2D eigenvalue weighted by Gasteiger charge is -2.33. The van der Waals surface area contributed by atoms with E-state index < -0.39 is 0 Å². The summed E-state index contributed by atoms with van der Waals surface area (Å²) in [5.74, 6) is 1.03. The molecular weight excluding hydrogens is 342 g/mol. The van der Waals surface area contributed by atoms with Crippen LogP contribution >= 0.6 is 15.9 Å². The van der Waals surface area contributed by atoms with Crippen molar-refractivity contribution in [2.75, 3.05) is 30.4 Å². The fourth-order valence-corrected chi connectivity index (χ4v) is 3.32. The first-order valence-corrected chi connectivity index (χ1v) is 9.07. The van der Waals surface area contributed by atoms with Gasteiger partial charge in [0, 0.05) is 24.2 Å². The van der Waals surface area contributed by atoms with E-state index >= 15 is 0 Å². The van der Waals surface area contributed by atoms with Crippen LogP contribution in [0.2, 0.25) is 0 Å². The number of Topliss-reactive ketones (excluding diaryl/α,β-unsaturated/α-hetero) is 1. The van der Waals surface area contributed by atoms with Crippen molar-refractivity contribution < 1.29 is 9.53 Å². The molecule has 0 aromatic heterocycles. The summed E-state index contributed by atoms with van der Waals surface area (Å²) in [4.78, 5) is 14.6. The van der Waals surface area contributed by atoms with E-state index in [0.29, 0.717) is 5.33 Å². The van der Waals surface area contributed by atoms with Crippen molar-refractivity contribution in [3.8, 4) is 5.75 Å². The van der Waals surface area contributed by atoms with Crippen molar-refractivity contribution >= 4 is 27.4 Å². The van der Waals surface area contributed by atoms with Crippen LogP contribution in [0.1, 0.15) is 56.0 Å². The molecule has 3 nitrogen and oxygen atoms in total. The molecule has 2 rings (SSSR count). The topological polar surface area (TPSA) is 29.5 Å². The zero-order valence-electron chi connectivity index (χ0n) is 14.0. The molecule has 1 fully saturated rings. The van der Waals surface area contributed by atoms with Crippen LogP contribution in [-0.2, 0) is 5.41 Å². The average Bonchev–Trinajstić information content (AvgIpc) is 2.52. The third kappa shape index (κ3) is 3.65. The molecule has 1 heterocycles. The fourth-order valence-electron chi connectivity index (χ4n) is 2.99. The van der Waals surface area contributed by atoms with Crippen LogP contribution in [-0.4, -0.2) is 31.3 Å². The number of ether oxygens (including phenoxy) is 1. The van der Waals surface area contributed by atoms with Crippen molar-refractivity contribution in [1.82, 2.24) is 0 Å². The first-order chi connectivity index (χ1) is 10.4. The van der Waals surface area contributed by atoms with Gasteiger partial charge in [-0.05, 0) is 36.8 Å². The number of hydrogen-bond acceptors (Lipinski definition) is 3. The summed E-state index contributed by atoms with van der Waals surface area (Å²) in [6.07, 6.45) is 3.68. The van der Waals surface area contributed by atoms with Gasteiger partial charge in [0.1, 0.15) is 5.75 Å². The van der Waals surface area contributed by atoms with Gasteiger partial charge < -0.3 is 9.64 Å². The van der Waals surface area contributed by atoms with Gasteiger partial charge >= 0.3 is 0 Å². The number of halogens is 1. The van der Waals surface area contributed by atoms with Crippen molar-refractivity contribution in [3.05, 3.63) is 23.3 Å². The number of carbonyl (C=O) groups is 1. The van der Waals surface area contributed by atoms with Crippen molar-refractivity contribution in [3.63, 3.8) is 0 Å². The Hall–Kier alpha value is -1.03. The molecule has 0 bridgehead atoms. The zero-order chi connectivity index (χ0) is 16.3. The molecule has 1 aliphatic rings. The Morgan fingerprint density at radius 1 is 1.23 bits per heavy atom. The molecule has 4 heteroatoms. The summed E-state index contributed by atoms with van der Waals surface area (Å²) < 4.78 is 5.76. The summed E-state index contributed by atoms with van der Waals surface area (Å²) in [6, 6.07) is 4.00. The highest BCUT2D eigenvalue weighted by molar-refractivity contribution is 9.09. The monoisotopic (exact) mass is 367 g/mol. The Bertz CT molecular complexity index is 543. The first-order valence-electron chi connectivity index (χ1n) is 7.95. The number of alkyl halides is 1. The molecular formula is C18H26BrNO2. The van der Waals surface area contributed by atoms with E-state index in [1.165, 1.54) is 19.3 Å². The van der Waals surface area contributed by atoms with E-state index in [-0.39, 0.29) is 11.2 Å². The minimum atomic E-state index is -0.0709. The van der Waals surface area contributed by atoms with Crippen LogP contribution < -0.4 is 9.64 Å². The van der Waals surface area contributed by atoms with Gasteiger partial charge in [-0.25, -0.2) is 0 Å². The van der Waals surface area contributed by atoms with E-state index in [0.717, 1.165) is 35.7 Å². The van der Waals surface area contributed by atoms with Gasteiger partial charge in [0.15, 0.2) is 5.78 Å². The highest BCUT2D eigenvalue weighted by atomic mass is 79.9. The second-order valence-electron chi connectivity index (χ2n) is 6.93. The predicted octanol–water partition coefficient (Wildman–Crippen LogP) is 4.56. The molecule has 0 spiro atoms. The smallest absolute Gasteiger partial charge is 0.173 e. The molecule has 1 aromatic carbocycles. The lowest BCUT2D eigenvalue weighted by atomic mass is 9.84. The number of rotatable bonds is 4. The van der Waals surface area contributed by atoms with Crippen molar-refractivity contribution in [1.29, 1.82) is 0 Å². The maximum atomic E-state index is 12.2. The number of piperidine rings is 1. The number of ketones is 1. The van der Waals surface area contributed by atoms with Crippen LogP contribution in [0.5, 0.6) is 5.75 Å². The van der Waals surface area contributed by atoms with Crippen LogP contribution in [0, 0.1) is 0 Å². The van der Waals surface area contributed by atoms with E-state index in [9.17, 15) is 4.79 Å². The fraction of sp³-hybridized carbons (Fsp3) is 0.611. The van der Waals surface area contributed by atoms with E-state index in [1.807, 2.05) is 12.1 Å². The molecule has 22 heavy (non-hydrogen) atoms. The number of benzene rings is 1. The molecule has 1 aliphatic heterocycles. The summed E-state index contributed by atoms with van der Waals surface area (Å²) in [7, 11) is 1.73. The van der Waals surface area contributed by atoms with Gasteiger partial charge in [0.05, 0.1) is 18.1 Å². The molecule has 122 valence electrons. The van der Waals surface area contributed by atoms with Gasteiger partial charge in [0.2, 0.25) is 0 Å². The highest BCUT2D eigenvalue weighted by Gasteiger charge is 2.26. The van der Waals surface area contributed by atoms with Gasteiger partial charge in [-0.1, -0.05) is 36.7 Å². The van der Waals surface area contributed by atoms with Gasteiger partial charge in [-0.2, -0.15) is 0 Å². The molecule has 0 aliphatic carbocycles. The summed E-state index contributed by atoms with van der Waals surface area (Å²) in [5, 5.41) is 0.350. The molecule has 0 saturated carbocycles. The van der Waals surface area contributed by atoms with Crippen LogP contribution in [0.25, 0.3) is 0 Å². The van der Waals surface area contributed by atoms with Crippen molar-refractivity contribution in [2.45, 2.75) is 45.4 Å². The van der Waals surface area contributed by atoms with Gasteiger partial charge in [-0.3, -0.25) is 4.79 Å². The third-order valence-corrected chi connectivity index (χ3v) is 4.73. The summed E-state index contributed by atoms with van der Waals surface area (Å²) >= 11 is 3.29. The SMILES string of the molecule is COc1c(N2CCCCC2)cc(C(=O)CBr)cc1C(C)(C)C. The Labute approximate surface area is 142 Å². The van der Waals surface area contributed by atoms with E-state index in [1.54, 1.807) is 7.11 Å². The van der Waals surface area contributed by atoms with Crippen LogP contribution in [0.3, 0.4) is 0 Å². The van der Waals surface area contributed by atoms with Gasteiger partial charge in [-0.15, -0.1) is 0 Å². The Balaban J connectivity index is 2.60. The minimum absolute atomic E-state index is 0.0709. The molecule has 0 unspecified atom stereocenters. The predicted molar refractivity (Wildman–Crippen MR) is 95.9 cm³/mol. The second-order valence-corrected chi connectivity index (χ2v) is 7.49. The Kier molecular flexibility index (Phi) is 5.54. The maximum absolute atomic E-state index is 12.2. The van der Waals surface area contributed by atoms with Crippen molar-refractivity contribution in [2.24, 2.45) is 0 Å². The standard InChI is InChI=1S/C18H26BrNO2/c1-18(2,3)14-10-13(16(21)12-19)11-15(17(14)22-4)20-8-6-5-7-9-20/h10-11H,5-9,12H2,1-4H3. The quantitative estimate of drug-likeness (QED) is 0.576. The minimum Gasteiger partial charge on any atom is -0.494 e. The summed E-state index contributed by atoms with van der Waals surface area (Å²) in [6.45, 7) is 8.55. The number of carbonyl (C=O) groups excluding carboxylic acids is 1. The Morgan fingerprint density at radius 3 is 2.36 bits per heavy atom. The molecule has 0 radical (unpaired) electrons. The molecule has 0 amide bonds. The number of anilines is 1. The van der Waals surface area contributed by atoms with Crippen LogP contribution in [0.4, 0.5) is 5.69 Å². The summed E-state index contributed by atoms with van der Waals surface area (Å²) in [5.41, 5.74) is 2.86. The number of methoxy groups -OCH3 is 1. The zero-order valence-corrected chi connectivity index (χ0v) is 15.6. The number of hydrogen-bond donors (Lipinski definition) is 0. The lowest BCUT2D eigenvalue weighted by Crippen LogP contribution is -2.30. The van der Waals surface area contributed by atoms with E-state index in [2.05, 4.69) is 41.6 Å². The first kappa shape index (κ1) is 17.3. The average molecular weight is 368 g/mol.